The minimum Gasteiger partial charge on any atom is -0.335 e. The van der Waals surface area contributed by atoms with E-state index in [-0.39, 0.29) is 11.6 Å². The summed E-state index contributed by atoms with van der Waals surface area (Å²) in [4.78, 5) is 12.5. The molecule has 4 saturated carbocycles. The van der Waals surface area contributed by atoms with Crippen molar-refractivity contribution in [2.45, 2.75) is 89.6 Å². The number of hydrogen-bond acceptors (Lipinski definition) is 1. The van der Waals surface area contributed by atoms with Gasteiger partial charge >= 0.3 is 6.03 Å². The van der Waals surface area contributed by atoms with E-state index in [0.29, 0.717) is 6.04 Å². The van der Waals surface area contributed by atoms with Gasteiger partial charge in [0.25, 0.3) is 0 Å². The van der Waals surface area contributed by atoms with Crippen LogP contribution in [0.25, 0.3) is 0 Å². The Morgan fingerprint density at radius 2 is 1.48 bits per heavy atom. The van der Waals surface area contributed by atoms with Crippen LogP contribution < -0.4 is 10.6 Å². The van der Waals surface area contributed by atoms with E-state index >= 15 is 0 Å². The first-order valence-corrected chi connectivity index (χ1v) is 9.21. The molecule has 21 heavy (non-hydrogen) atoms. The van der Waals surface area contributed by atoms with Crippen LogP contribution in [-0.2, 0) is 0 Å². The van der Waals surface area contributed by atoms with Crippen LogP contribution in [0.15, 0.2) is 0 Å². The number of nitrogens with one attached hydrogen (secondary N) is 2. The van der Waals surface area contributed by atoms with Crippen molar-refractivity contribution in [3.05, 3.63) is 0 Å². The Labute approximate surface area is 129 Å². The first kappa shape index (κ1) is 15.2. The molecule has 0 aromatic heterocycles. The normalized spacial score (nSPS) is 37.0. The molecule has 0 radical (unpaired) electrons. The number of rotatable bonds is 6. The zero-order valence-electron chi connectivity index (χ0n) is 13.8. The number of carbonyl (C=O) groups excluding carboxylic acids is 1. The monoisotopic (exact) mass is 292 g/mol. The molecule has 4 aliphatic carbocycles. The Morgan fingerprint density at radius 3 is 1.90 bits per heavy atom. The van der Waals surface area contributed by atoms with Crippen LogP contribution in [0.4, 0.5) is 4.79 Å². The predicted octanol–water partition coefficient (Wildman–Crippen LogP) is 4.22. The molecule has 0 heterocycles. The summed E-state index contributed by atoms with van der Waals surface area (Å²) in [6.07, 6.45) is 12.5. The summed E-state index contributed by atoms with van der Waals surface area (Å²) in [5.74, 6) is 2.66. The lowest BCUT2D eigenvalue weighted by Gasteiger charge is -2.56. The maximum Gasteiger partial charge on any atom is 0.315 e. The van der Waals surface area contributed by atoms with E-state index in [1.807, 2.05) is 0 Å². The Kier molecular flexibility index (Phi) is 4.46. The lowest BCUT2D eigenvalue weighted by molar-refractivity contribution is -0.0136. The smallest absolute Gasteiger partial charge is 0.315 e. The Balaban J connectivity index is 1.57. The van der Waals surface area contributed by atoms with E-state index in [4.69, 9.17) is 0 Å². The average molecular weight is 292 g/mol. The van der Waals surface area contributed by atoms with Crippen LogP contribution in [0.3, 0.4) is 0 Å². The molecule has 4 fully saturated rings. The lowest BCUT2D eigenvalue weighted by Crippen LogP contribution is -2.62. The van der Waals surface area contributed by atoms with Crippen LogP contribution in [0.2, 0.25) is 0 Å². The first-order chi connectivity index (χ1) is 10.1. The van der Waals surface area contributed by atoms with Gasteiger partial charge in [-0.2, -0.15) is 0 Å². The Morgan fingerprint density at radius 1 is 1.00 bits per heavy atom. The van der Waals surface area contributed by atoms with Crippen LogP contribution in [0, 0.1) is 17.8 Å². The van der Waals surface area contributed by atoms with Crippen molar-refractivity contribution in [3.8, 4) is 0 Å². The van der Waals surface area contributed by atoms with Gasteiger partial charge in [-0.25, -0.2) is 4.79 Å². The first-order valence-electron chi connectivity index (χ1n) is 9.21. The molecule has 0 spiro atoms. The van der Waals surface area contributed by atoms with Gasteiger partial charge in [0.15, 0.2) is 0 Å². The molecular weight excluding hydrogens is 260 g/mol. The molecule has 4 aliphatic rings. The SMILES string of the molecule is CCCC(CCC)NC(=O)NC12CC3CC(CC(C3)C1)C2. The molecule has 4 bridgehead atoms. The minimum absolute atomic E-state index is 0.101. The fourth-order valence-electron chi connectivity index (χ4n) is 5.71. The molecule has 0 saturated heterocycles. The van der Waals surface area contributed by atoms with Crippen LogP contribution in [0.1, 0.15) is 78.1 Å². The maximum absolute atomic E-state index is 12.5. The average Bonchev–Trinajstić information content (AvgIpc) is 2.36. The van der Waals surface area contributed by atoms with Crippen molar-refractivity contribution in [3.63, 3.8) is 0 Å². The highest BCUT2D eigenvalue weighted by atomic mass is 16.2. The van der Waals surface area contributed by atoms with Gasteiger partial charge < -0.3 is 10.6 Å². The molecule has 3 nitrogen and oxygen atoms in total. The molecule has 0 aromatic rings. The van der Waals surface area contributed by atoms with E-state index in [9.17, 15) is 4.79 Å². The van der Waals surface area contributed by atoms with E-state index in [2.05, 4.69) is 24.5 Å². The van der Waals surface area contributed by atoms with Crippen molar-refractivity contribution in [2.75, 3.05) is 0 Å². The quantitative estimate of drug-likeness (QED) is 0.756. The van der Waals surface area contributed by atoms with Gasteiger partial charge in [0, 0.05) is 11.6 Å². The van der Waals surface area contributed by atoms with Crippen molar-refractivity contribution in [1.29, 1.82) is 0 Å². The molecular formula is C18H32N2O. The summed E-state index contributed by atoms with van der Waals surface area (Å²) in [5, 5.41) is 6.67. The standard InChI is InChI=1S/C18H32N2O/c1-3-5-16(6-4-2)19-17(21)20-18-10-13-7-14(11-18)9-15(8-13)12-18/h13-16H,3-12H2,1-2H3,(H2,19,20,21). The maximum atomic E-state index is 12.5. The van der Waals surface area contributed by atoms with Crippen molar-refractivity contribution in [2.24, 2.45) is 17.8 Å². The molecule has 2 N–H and O–H groups in total. The molecule has 0 aromatic carbocycles. The Bertz CT molecular complexity index is 338. The number of carbonyl (C=O) groups is 1. The second-order valence-corrected chi connectivity index (χ2v) is 8.07. The van der Waals surface area contributed by atoms with Gasteiger partial charge in [0.2, 0.25) is 0 Å². The number of hydrogen-bond donors (Lipinski definition) is 2. The second-order valence-electron chi connectivity index (χ2n) is 8.07. The topological polar surface area (TPSA) is 41.1 Å². The lowest BCUT2D eigenvalue weighted by atomic mass is 9.53. The van der Waals surface area contributed by atoms with Gasteiger partial charge in [-0.05, 0) is 69.1 Å². The van der Waals surface area contributed by atoms with Crippen molar-refractivity contribution >= 4 is 6.03 Å². The van der Waals surface area contributed by atoms with Gasteiger partial charge in [0.05, 0.1) is 0 Å². The highest BCUT2D eigenvalue weighted by molar-refractivity contribution is 5.75. The van der Waals surface area contributed by atoms with Crippen molar-refractivity contribution < 1.29 is 4.79 Å². The summed E-state index contributed by atoms with van der Waals surface area (Å²) >= 11 is 0. The zero-order valence-corrected chi connectivity index (χ0v) is 13.8. The summed E-state index contributed by atoms with van der Waals surface area (Å²) in [6.45, 7) is 4.39. The molecule has 4 rings (SSSR count). The third-order valence-corrected chi connectivity index (χ3v) is 6.03. The summed E-state index contributed by atoms with van der Waals surface area (Å²) in [5.41, 5.74) is 0.141. The molecule has 0 aliphatic heterocycles. The Hall–Kier alpha value is -0.730. The summed E-state index contributed by atoms with van der Waals surface area (Å²) in [7, 11) is 0. The minimum atomic E-state index is 0.101. The van der Waals surface area contributed by atoms with Crippen LogP contribution >= 0.6 is 0 Å². The van der Waals surface area contributed by atoms with Crippen LogP contribution in [0.5, 0.6) is 0 Å². The van der Waals surface area contributed by atoms with Crippen molar-refractivity contribution in [1.82, 2.24) is 10.6 Å². The highest BCUT2D eigenvalue weighted by Gasteiger charge is 2.51. The zero-order chi connectivity index (χ0) is 14.9. The molecule has 0 atom stereocenters. The third kappa shape index (κ3) is 3.37. The highest BCUT2D eigenvalue weighted by Crippen LogP contribution is 2.55. The third-order valence-electron chi connectivity index (χ3n) is 6.03. The molecule has 2 amide bonds. The van der Waals surface area contributed by atoms with Gasteiger partial charge in [0.1, 0.15) is 0 Å². The van der Waals surface area contributed by atoms with Crippen LogP contribution in [-0.4, -0.2) is 17.6 Å². The van der Waals surface area contributed by atoms with Gasteiger partial charge in [-0.15, -0.1) is 0 Å². The summed E-state index contributed by atoms with van der Waals surface area (Å²) < 4.78 is 0. The molecule has 0 unspecified atom stereocenters. The largest absolute Gasteiger partial charge is 0.335 e. The van der Waals surface area contributed by atoms with Gasteiger partial charge in [-0.1, -0.05) is 26.7 Å². The predicted molar refractivity (Wildman–Crippen MR) is 86.2 cm³/mol. The second kappa shape index (κ2) is 6.18. The van der Waals surface area contributed by atoms with E-state index in [1.54, 1.807) is 0 Å². The number of urea groups is 1. The molecule has 120 valence electrons. The van der Waals surface area contributed by atoms with E-state index in [0.717, 1.165) is 43.4 Å². The number of amides is 2. The van der Waals surface area contributed by atoms with E-state index in [1.165, 1.54) is 38.5 Å². The van der Waals surface area contributed by atoms with Gasteiger partial charge in [-0.3, -0.25) is 0 Å². The molecule has 3 heteroatoms. The summed E-state index contributed by atoms with van der Waals surface area (Å²) in [6, 6.07) is 0.456. The fourth-order valence-corrected chi connectivity index (χ4v) is 5.71. The fraction of sp³-hybridized carbons (Fsp3) is 0.944. The van der Waals surface area contributed by atoms with E-state index < -0.39 is 0 Å².